The molecule has 0 amide bonds. The van der Waals surface area contributed by atoms with Gasteiger partial charge >= 0.3 is 0 Å². The molecule has 144 valence electrons. The van der Waals surface area contributed by atoms with Crippen LogP contribution in [-0.2, 0) is 19.5 Å². The molecule has 0 spiro atoms. The van der Waals surface area contributed by atoms with E-state index < -0.39 is 0 Å². The number of rotatable bonds is 6. The van der Waals surface area contributed by atoms with E-state index in [2.05, 4.69) is 46.2 Å². The summed E-state index contributed by atoms with van der Waals surface area (Å²) < 4.78 is 5.56. The average Bonchev–Trinajstić information content (AvgIpc) is 2.72. The Hall–Kier alpha value is -1.88. The number of likely N-dealkylation sites (tertiary alicyclic amines) is 1. The van der Waals surface area contributed by atoms with Crippen LogP contribution in [0.4, 0.5) is 0 Å². The minimum absolute atomic E-state index is 0.0526. The number of benzene rings is 2. The smallest absolute Gasteiger partial charge is 0.119 e. The molecule has 1 unspecified atom stereocenters. The van der Waals surface area contributed by atoms with Gasteiger partial charge < -0.3 is 9.84 Å². The molecule has 1 N–H and O–H groups in total. The maximum absolute atomic E-state index is 8.93. The summed E-state index contributed by atoms with van der Waals surface area (Å²) in [7, 11) is 0. The van der Waals surface area contributed by atoms with Gasteiger partial charge in [0.25, 0.3) is 0 Å². The van der Waals surface area contributed by atoms with Crippen LogP contribution in [0.15, 0.2) is 48.5 Å². The molecule has 2 aliphatic rings. The molecule has 0 saturated carbocycles. The zero-order valence-electron chi connectivity index (χ0n) is 16.0. The molecule has 1 saturated heterocycles. The third kappa shape index (κ3) is 4.70. The number of fused-ring (bicyclic) bond motifs is 1. The number of hydrogen-bond acceptors (Lipinski definition) is 4. The normalized spacial score (nSPS) is 21.0. The van der Waals surface area contributed by atoms with E-state index in [1.807, 2.05) is 12.1 Å². The third-order valence-corrected chi connectivity index (χ3v) is 5.82. The van der Waals surface area contributed by atoms with Gasteiger partial charge in [0.1, 0.15) is 12.4 Å². The fourth-order valence-electron chi connectivity index (χ4n) is 4.46. The van der Waals surface area contributed by atoms with Gasteiger partial charge in [-0.1, -0.05) is 36.4 Å². The van der Waals surface area contributed by atoms with Gasteiger partial charge in [0.2, 0.25) is 0 Å². The summed E-state index contributed by atoms with van der Waals surface area (Å²) in [4.78, 5) is 5.27. The van der Waals surface area contributed by atoms with Crippen LogP contribution in [0.2, 0.25) is 0 Å². The Kier molecular flexibility index (Phi) is 6.07. The molecule has 4 heteroatoms. The quantitative estimate of drug-likeness (QED) is 0.852. The van der Waals surface area contributed by atoms with Crippen LogP contribution >= 0.6 is 0 Å². The van der Waals surface area contributed by atoms with Crippen molar-refractivity contribution in [1.82, 2.24) is 9.80 Å². The Balaban J connectivity index is 1.36. The summed E-state index contributed by atoms with van der Waals surface area (Å²) in [5, 5.41) is 8.93. The first kappa shape index (κ1) is 18.5. The van der Waals surface area contributed by atoms with Crippen LogP contribution in [0.1, 0.15) is 29.5 Å². The SMILES string of the molecule is OCCOc1cccc(CN2CCCC(N3CCc4ccccc4C3)C2)c1. The number of aliphatic hydroxyl groups is 1. The van der Waals surface area contributed by atoms with Crippen LogP contribution in [0.3, 0.4) is 0 Å². The van der Waals surface area contributed by atoms with Gasteiger partial charge in [-0.05, 0) is 54.6 Å². The molecule has 2 heterocycles. The topological polar surface area (TPSA) is 35.9 Å². The van der Waals surface area contributed by atoms with Crippen molar-refractivity contribution in [2.24, 2.45) is 0 Å². The van der Waals surface area contributed by atoms with E-state index in [1.165, 1.54) is 49.0 Å². The molecular formula is C23H30N2O2. The van der Waals surface area contributed by atoms with Gasteiger partial charge in [0.15, 0.2) is 0 Å². The van der Waals surface area contributed by atoms with Gasteiger partial charge in [-0.2, -0.15) is 0 Å². The number of aliphatic hydroxyl groups excluding tert-OH is 1. The Morgan fingerprint density at radius 2 is 1.93 bits per heavy atom. The summed E-state index contributed by atoms with van der Waals surface area (Å²) in [6.07, 6.45) is 3.75. The largest absolute Gasteiger partial charge is 0.491 e. The minimum Gasteiger partial charge on any atom is -0.491 e. The van der Waals surface area contributed by atoms with Crippen molar-refractivity contribution in [3.05, 3.63) is 65.2 Å². The van der Waals surface area contributed by atoms with Crippen LogP contribution in [0.5, 0.6) is 5.75 Å². The molecular weight excluding hydrogens is 336 g/mol. The van der Waals surface area contributed by atoms with Crippen LogP contribution < -0.4 is 4.74 Å². The second-order valence-electron chi connectivity index (χ2n) is 7.74. The van der Waals surface area contributed by atoms with Crippen molar-refractivity contribution in [3.63, 3.8) is 0 Å². The van der Waals surface area contributed by atoms with Gasteiger partial charge in [-0.15, -0.1) is 0 Å². The summed E-state index contributed by atoms with van der Waals surface area (Å²) in [5.41, 5.74) is 4.32. The Morgan fingerprint density at radius 3 is 2.81 bits per heavy atom. The van der Waals surface area contributed by atoms with Gasteiger partial charge in [0, 0.05) is 32.2 Å². The Bertz CT molecular complexity index is 749. The van der Waals surface area contributed by atoms with Gasteiger partial charge in [-0.3, -0.25) is 9.80 Å². The fourth-order valence-corrected chi connectivity index (χ4v) is 4.46. The highest BCUT2D eigenvalue weighted by Gasteiger charge is 2.27. The van der Waals surface area contributed by atoms with E-state index in [0.29, 0.717) is 12.6 Å². The molecule has 27 heavy (non-hydrogen) atoms. The summed E-state index contributed by atoms with van der Waals surface area (Å²) in [6.45, 7) is 5.96. The van der Waals surface area contributed by atoms with E-state index >= 15 is 0 Å². The lowest BCUT2D eigenvalue weighted by atomic mass is 9.96. The summed E-state index contributed by atoms with van der Waals surface area (Å²) in [5.74, 6) is 0.850. The summed E-state index contributed by atoms with van der Waals surface area (Å²) >= 11 is 0. The molecule has 0 radical (unpaired) electrons. The molecule has 2 aromatic carbocycles. The zero-order chi connectivity index (χ0) is 18.5. The first-order valence-electron chi connectivity index (χ1n) is 10.2. The molecule has 4 nitrogen and oxygen atoms in total. The molecule has 1 atom stereocenters. The first-order valence-corrected chi connectivity index (χ1v) is 10.2. The van der Waals surface area contributed by atoms with Gasteiger partial charge in [0.05, 0.1) is 6.61 Å². The highest BCUT2D eigenvalue weighted by Crippen LogP contribution is 2.25. The van der Waals surface area contributed by atoms with E-state index in [0.717, 1.165) is 25.4 Å². The van der Waals surface area contributed by atoms with Crippen molar-refractivity contribution >= 4 is 0 Å². The maximum Gasteiger partial charge on any atom is 0.119 e. The average molecular weight is 367 g/mol. The van der Waals surface area contributed by atoms with Crippen molar-refractivity contribution in [2.75, 3.05) is 32.8 Å². The number of ether oxygens (including phenoxy) is 1. The Labute approximate surface area is 162 Å². The first-order chi connectivity index (χ1) is 13.3. The van der Waals surface area contributed by atoms with Crippen molar-refractivity contribution in [1.29, 1.82) is 0 Å². The van der Waals surface area contributed by atoms with Crippen LogP contribution in [0, 0.1) is 0 Å². The molecule has 0 aliphatic carbocycles. The monoisotopic (exact) mass is 366 g/mol. The number of hydrogen-bond donors (Lipinski definition) is 1. The highest BCUT2D eigenvalue weighted by atomic mass is 16.5. The Morgan fingerprint density at radius 1 is 1.04 bits per heavy atom. The van der Waals surface area contributed by atoms with Crippen molar-refractivity contribution in [3.8, 4) is 5.75 Å². The second kappa shape index (κ2) is 8.87. The predicted molar refractivity (Wildman–Crippen MR) is 108 cm³/mol. The highest BCUT2D eigenvalue weighted by molar-refractivity contribution is 5.30. The molecule has 4 rings (SSSR count). The van der Waals surface area contributed by atoms with Crippen LogP contribution in [-0.4, -0.2) is 53.8 Å². The third-order valence-electron chi connectivity index (χ3n) is 5.82. The second-order valence-corrected chi connectivity index (χ2v) is 7.74. The molecule has 2 aromatic rings. The van der Waals surface area contributed by atoms with E-state index in [1.54, 1.807) is 0 Å². The van der Waals surface area contributed by atoms with Gasteiger partial charge in [-0.25, -0.2) is 0 Å². The standard InChI is InChI=1S/C23H30N2O2/c26-13-14-27-23-9-3-5-19(15-23)16-24-11-4-8-22(18-24)25-12-10-20-6-1-2-7-21(20)17-25/h1-3,5-7,9,15,22,26H,4,8,10-14,16-18H2. The molecule has 0 aromatic heterocycles. The number of nitrogens with zero attached hydrogens (tertiary/aromatic N) is 2. The lowest BCUT2D eigenvalue weighted by Crippen LogP contribution is -2.49. The van der Waals surface area contributed by atoms with Crippen molar-refractivity contribution in [2.45, 2.75) is 38.4 Å². The van der Waals surface area contributed by atoms with Crippen molar-refractivity contribution < 1.29 is 9.84 Å². The van der Waals surface area contributed by atoms with E-state index in [9.17, 15) is 0 Å². The molecule has 0 bridgehead atoms. The molecule has 1 fully saturated rings. The van der Waals surface area contributed by atoms with Crippen LogP contribution in [0.25, 0.3) is 0 Å². The van der Waals surface area contributed by atoms with E-state index in [-0.39, 0.29) is 6.61 Å². The predicted octanol–water partition coefficient (Wildman–Crippen LogP) is 3.08. The summed E-state index contributed by atoms with van der Waals surface area (Å²) in [6, 6.07) is 17.8. The molecule has 2 aliphatic heterocycles. The minimum atomic E-state index is 0.0526. The lowest BCUT2D eigenvalue weighted by Gasteiger charge is -2.41. The fraction of sp³-hybridized carbons (Fsp3) is 0.478. The van der Waals surface area contributed by atoms with E-state index in [4.69, 9.17) is 9.84 Å². The lowest BCUT2D eigenvalue weighted by molar-refractivity contribution is 0.0838. The number of piperidine rings is 1. The zero-order valence-corrected chi connectivity index (χ0v) is 16.0. The maximum atomic E-state index is 8.93.